The van der Waals surface area contributed by atoms with Crippen LogP contribution in [0.4, 0.5) is 11.5 Å². The minimum absolute atomic E-state index is 0.107. The Kier molecular flexibility index (Phi) is 4.52. The number of nitrogens with two attached hydrogens (primary N) is 1. The summed E-state index contributed by atoms with van der Waals surface area (Å²) in [4.78, 5) is 15.2. The molecule has 0 amide bonds. The molecule has 1 fully saturated rings. The second-order valence-electron chi connectivity index (χ2n) is 4.82. The molecule has 6 heteroatoms. The van der Waals surface area contributed by atoms with Crippen LogP contribution in [0.5, 0.6) is 0 Å². The Balaban J connectivity index is 2.00. The Morgan fingerprint density at radius 2 is 2.16 bits per heavy atom. The summed E-state index contributed by atoms with van der Waals surface area (Å²) < 4.78 is 0. The fourth-order valence-corrected chi connectivity index (χ4v) is 3.13. The molecule has 5 nitrogen and oxygen atoms in total. The number of hydrogen-bond acceptors (Lipinski definition) is 5. The Morgan fingerprint density at radius 3 is 2.74 bits per heavy atom. The van der Waals surface area contributed by atoms with Crippen molar-refractivity contribution < 1.29 is 9.90 Å². The number of rotatable bonds is 4. The lowest BCUT2D eigenvalue weighted by Crippen LogP contribution is -2.27. The Labute approximate surface area is 117 Å². The Hall–Kier alpha value is -1.43. The normalized spacial score (nSPS) is 23.0. The first kappa shape index (κ1) is 14.0. The maximum atomic E-state index is 11.0. The molecule has 1 aliphatic carbocycles. The molecule has 0 spiro atoms. The van der Waals surface area contributed by atoms with E-state index in [0.717, 1.165) is 18.1 Å². The maximum Gasteiger partial charge on any atom is 0.337 e. The second-order valence-corrected chi connectivity index (χ2v) is 5.95. The first-order chi connectivity index (χ1) is 9.10. The molecule has 104 valence electrons. The lowest BCUT2D eigenvalue weighted by atomic mass is 9.95. The summed E-state index contributed by atoms with van der Waals surface area (Å²) in [6.07, 6.45) is 8.14. The predicted molar refractivity (Wildman–Crippen MR) is 78.8 cm³/mol. The van der Waals surface area contributed by atoms with Gasteiger partial charge in [-0.2, -0.15) is 11.8 Å². The van der Waals surface area contributed by atoms with E-state index < -0.39 is 5.97 Å². The summed E-state index contributed by atoms with van der Waals surface area (Å²) in [5.74, 6) is -0.423. The van der Waals surface area contributed by atoms with Crippen LogP contribution in [0.25, 0.3) is 0 Å². The van der Waals surface area contributed by atoms with Crippen molar-refractivity contribution in [2.24, 2.45) is 0 Å². The maximum absolute atomic E-state index is 11.0. The minimum Gasteiger partial charge on any atom is -0.478 e. The molecule has 1 aromatic rings. The van der Waals surface area contributed by atoms with Gasteiger partial charge in [-0.3, -0.25) is 0 Å². The molecule has 0 aromatic carbocycles. The molecule has 0 radical (unpaired) electrons. The fourth-order valence-electron chi connectivity index (χ4n) is 2.38. The largest absolute Gasteiger partial charge is 0.478 e. The van der Waals surface area contributed by atoms with Gasteiger partial charge in [0.05, 0.1) is 17.4 Å². The van der Waals surface area contributed by atoms with Gasteiger partial charge >= 0.3 is 5.97 Å². The smallest absolute Gasteiger partial charge is 0.337 e. The van der Waals surface area contributed by atoms with Crippen LogP contribution in [0.1, 0.15) is 36.0 Å². The third-order valence-electron chi connectivity index (χ3n) is 3.52. The van der Waals surface area contributed by atoms with Crippen LogP contribution in [0.15, 0.2) is 12.3 Å². The van der Waals surface area contributed by atoms with Gasteiger partial charge in [0.15, 0.2) is 0 Å². The van der Waals surface area contributed by atoms with Crippen LogP contribution in [0.2, 0.25) is 0 Å². The number of aromatic carboxylic acids is 1. The molecular weight excluding hydrogens is 262 g/mol. The van der Waals surface area contributed by atoms with Crippen LogP contribution < -0.4 is 11.1 Å². The van der Waals surface area contributed by atoms with E-state index in [0.29, 0.717) is 11.9 Å². The van der Waals surface area contributed by atoms with Crippen molar-refractivity contribution in [3.05, 3.63) is 17.8 Å². The van der Waals surface area contributed by atoms with Crippen molar-refractivity contribution >= 4 is 29.2 Å². The number of nitrogens with zero attached hydrogens (tertiary/aromatic N) is 1. The minimum atomic E-state index is -1.02. The number of aromatic nitrogens is 1. The van der Waals surface area contributed by atoms with E-state index in [1.54, 1.807) is 0 Å². The van der Waals surface area contributed by atoms with Crippen molar-refractivity contribution in [1.82, 2.24) is 4.98 Å². The van der Waals surface area contributed by atoms with Crippen molar-refractivity contribution in [3.63, 3.8) is 0 Å². The molecule has 1 heterocycles. The number of pyridine rings is 1. The summed E-state index contributed by atoms with van der Waals surface area (Å²) in [6.45, 7) is 0. The summed E-state index contributed by atoms with van der Waals surface area (Å²) in [6, 6.07) is 1.89. The molecule has 0 unspecified atom stereocenters. The summed E-state index contributed by atoms with van der Waals surface area (Å²) in [5.41, 5.74) is 5.89. The average Bonchev–Trinajstić information content (AvgIpc) is 2.41. The van der Waals surface area contributed by atoms with Gasteiger partial charge in [0.1, 0.15) is 5.82 Å². The molecule has 1 saturated carbocycles. The van der Waals surface area contributed by atoms with Gasteiger partial charge in [-0.1, -0.05) is 0 Å². The second kappa shape index (κ2) is 6.14. The van der Waals surface area contributed by atoms with Gasteiger partial charge in [0.2, 0.25) is 0 Å². The first-order valence-corrected chi connectivity index (χ1v) is 7.67. The third kappa shape index (κ3) is 3.53. The number of nitrogen functional groups attached to an aromatic ring is 1. The number of carboxylic acids is 1. The molecule has 0 atom stereocenters. The first-order valence-electron chi connectivity index (χ1n) is 6.38. The highest BCUT2D eigenvalue weighted by Crippen LogP contribution is 2.28. The molecule has 1 aromatic heterocycles. The van der Waals surface area contributed by atoms with E-state index in [4.69, 9.17) is 10.8 Å². The number of carbonyl (C=O) groups is 1. The van der Waals surface area contributed by atoms with Gasteiger partial charge < -0.3 is 16.2 Å². The van der Waals surface area contributed by atoms with Crippen molar-refractivity contribution in [1.29, 1.82) is 0 Å². The van der Waals surface area contributed by atoms with Gasteiger partial charge in [-0.05, 0) is 38.0 Å². The van der Waals surface area contributed by atoms with E-state index in [1.807, 2.05) is 11.8 Å². The molecule has 1 aliphatic rings. The number of nitrogens with one attached hydrogen (secondary N) is 1. The predicted octanol–water partition coefficient (Wildman–Crippen LogP) is 2.45. The highest BCUT2D eigenvalue weighted by molar-refractivity contribution is 7.99. The van der Waals surface area contributed by atoms with E-state index >= 15 is 0 Å². The quantitative estimate of drug-likeness (QED) is 0.785. The molecular formula is C13H19N3O2S. The highest BCUT2D eigenvalue weighted by Gasteiger charge is 2.21. The Morgan fingerprint density at radius 1 is 1.47 bits per heavy atom. The standard InChI is InChI=1S/C13H19N3O2S/c1-19-9-4-2-8(3-5-9)16-12-6-10(13(17)18)11(14)7-15-12/h6-9H,2-5,14H2,1H3,(H,15,16)(H,17,18). The van der Waals surface area contributed by atoms with Crippen molar-refractivity contribution in [2.45, 2.75) is 37.0 Å². The topological polar surface area (TPSA) is 88.2 Å². The molecule has 4 N–H and O–H groups in total. The number of hydrogen-bond donors (Lipinski definition) is 3. The van der Waals surface area contributed by atoms with E-state index in [1.165, 1.54) is 25.1 Å². The molecule has 2 rings (SSSR count). The van der Waals surface area contributed by atoms with Gasteiger partial charge in [0.25, 0.3) is 0 Å². The molecule has 0 aliphatic heterocycles. The zero-order valence-corrected chi connectivity index (χ0v) is 11.7. The molecule has 0 bridgehead atoms. The fraction of sp³-hybridized carbons (Fsp3) is 0.538. The van der Waals surface area contributed by atoms with Crippen molar-refractivity contribution in [3.8, 4) is 0 Å². The Bertz CT molecular complexity index is 459. The van der Waals surface area contributed by atoms with Gasteiger partial charge in [0, 0.05) is 11.3 Å². The zero-order chi connectivity index (χ0) is 13.8. The number of thioether (sulfide) groups is 1. The monoisotopic (exact) mass is 281 g/mol. The SMILES string of the molecule is CSC1CCC(Nc2cc(C(=O)O)c(N)cn2)CC1. The summed E-state index contributed by atoms with van der Waals surface area (Å²) in [5, 5.41) is 13.1. The van der Waals surface area contributed by atoms with Gasteiger partial charge in [-0.15, -0.1) is 0 Å². The number of carboxylic acid groups (broad SMARTS) is 1. The van der Waals surface area contributed by atoms with Crippen LogP contribution in [0, 0.1) is 0 Å². The third-order valence-corrected chi connectivity index (χ3v) is 4.66. The lowest BCUT2D eigenvalue weighted by molar-refractivity contribution is 0.0698. The molecule has 0 saturated heterocycles. The van der Waals surface area contributed by atoms with E-state index in [2.05, 4.69) is 16.6 Å². The van der Waals surface area contributed by atoms with Crippen LogP contribution in [0.3, 0.4) is 0 Å². The van der Waals surface area contributed by atoms with E-state index in [9.17, 15) is 4.79 Å². The zero-order valence-electron chi connectivity index (χ0n) is 10.9. The molecule has 19 heavy (non-hydrogen) atoms. The van der Waals surface area contributed by atoms with Crippen LogP contribution >= 0.6 is 11.8 Å². The van der Waals surface area contributed by atoms with E-state index in [-0.39, 0.29) is 11.3 Å². The van der Waals surface area contributed by atoms with Crippen molar-refractivity contribution in [2.75, 3.05) is 17.3 Å². The summed E-state index contributed by atoms with van der Waals surface area (Å²) >= 11 is 1.92. The van der Waals surface area contributed by atoms with Gasteiger partial charge in [-0.25, -0.2) is 9.78 Å². The number of anilines is 2. The average molecular weight is 281 g/mol. The van der Waals surface area contributed by atoms with Crippen LogP contribution in [-0.4, -0.2) is 33.6 Å². The lowest BCUT2D eigenvalue weighted by Gasteiger charge is -2.28. The summed E-state index contributed by atoms with van der Waals surface area (Å²) in [7, 11) is 0. The van der Waals surface area contributed by atoms with Crippen LogP contribution in [-0.2, 0) is 0 Å². The highest BCUT2D eigenvalue weighted by atomic mass is 32.2.